The molecule has 1 atom stereocenters. The number of benzene rings is 1. The number of methoxy groups -OCH3 is 1. The molecule has 0 fully saturated rings. The number of ether oxygens (including phenoxy) is 1. The van der Waals surface area contributed by atoms with E-state index in [2.05, 4.69) is 0 Å². The fraction of sp³-hybridized carbons (Fsp3) is 0.333. The lowest BCUT2D eigenvalue weighted by molar-refractivity contribution is 0.413. The van der Waals surface area contributed by atoms with Gasteiger partial charge in [-0.1, -0.05) is 0 Å². The van der Waals surface area contributed by atoms with Crippen LogP contribution in [-0.2, 0) is 10.8 Å². The molecule has 0 heterocycles. The molecule has 0 saturated carbocycles. The summed E-state index contributed by atoms with van der Waals surface area (Å²) >= 11 is 0. The number of nitrogen functional groups attached to an aromatic ring is 1. The van der Waals surface area contributed by atoms with Gasteiger partial charge in [0.05, 0.1) is 28.6 Å². The molecule has 78 valence electrons. The topological polar surface area (TPSA) is 52.3 Å². The molecule has 0 bridgehead atoms. The Balaban J connectivity index is 2.99. The van der Waals surface area contributed by atoms with Crippen molar-refractivity contribution >= 4 is 16.5 Å². The summed E-state index contributed by atoms with van der Waals surface area (Å²) in [6.45, 7) is -0.622. The summed E-state index contributed by atoms with van der Waals surface area (Å²) < 4.78 is 28.4. The van der Waals surface area contributed by atoms with E-state index in [0.717, 1.165) is 0 Å². The standard InChI is InChI=1S/C9H12FNO2S/c1-13-7-2-3-8(11)9(6-7)14(12)5-4-10/h2-3,6H,4-5,11H2,1H3. The van der Waals surface area contributed by atoms with Crippen LogP contribution in [0, 0.1) is 0 Å². The minimum atomic E-state index is -1.39. The van der Waals surface area contributed by atoms with Crippen molar-refractivity contribution in [1.82, 2.24) is 0 Å². The van der Waals surface area contributed by atoms with Crippen molar-refractivity contribution in [3.63, 3.8) is 0 Å². The summed E-state index contributed by atoms with van der Waals surface area (Å²) in [7, 11) is 0.120. The molecule has 1 aromatic carbocycles. The van der Waals surface area contributed by atoms with E-state index in [-0.39, 0.29) is 5.75 Å². The van der Waals surface area contributed by atoms with Gasteiger partial charge in [-0.3, -0.25) is 8.60 Å². The Bertz CT molecular complexity index is 344. The van der Waals surface area contributed by atoms with Crippen molar-refractivity contribution in [3.8, 4) is 5.75 Å². The molecule has 0 aliphatic rings. The first-order valence-corrected chi connectivity index (χ1v) is 5.38. The van der Waals surface area contributed by atoms with Gasteiger partial charge in [-0.05, 0) is 18.2 Å². The molecule has 0 saturated heterocycles. The van der Waals surface area contributed by atoms with E-state index >= 15 is 0 Å². The van der Waals surface area contributed by atoms with Crippen molar-refractivity contribution in [2.24, 2.45) is 0 Å². The Hall–Kier alpha value is -1.10. The van der Waals surface area contributed by atoms with Crippen molar-refractivity contribution in [3.05, 3.63) is 18.2 Å². The second-order valence-electron chi connectivity index (χ2n) is 2.64. The molecule has 0 aliphatic heterocycles. The van der Waals surface area contributed by atoms with E-state index < -0.39 is 17.5 Å². The quantitative estimate of drug-likeness (QED) is 0.775. The molecule has 2 N–H and O–H groups in total. The van der Waals surface area contributed by atoms with E-state index in [0.29, 0.717) is 16.3 Å². The van der Waals surface area contributed by atoms with Gasteiger partial charge in [-0.15, -0.1) is 0 Å². The fourth-order valence-electron chi connectivity index (χ4n) is 1.02. The van der Waals surface area contributed by atoms with Crippen LogP contribution in [0.5, 0.6) is 5.75 Å². The third-order valence-electron chi connectivity index (χ3n) is 1.73. The number of anilines is 1. The Morgan fingerprint density at radius 1 is 1.57 bits per heavy atom. The molecule has 1 aromatic rings. The Morgan fingerprint density at radius 3 is 2.86 bits per heavy atom. The van der Waals surface area contributed by atoms with E-state index in [1.54, 1.807) is 18.2 Å². The first kappa shape index (κ1) is 11.0. The van der Waals surface area contributed by atoms with Crippen LogP contribution in [0.25, 0.3) is 0 Å². The number of halogens is 1. The average Bonchev–Trinajstić information content (AvgIpc) is 2.19. The number of alkyl halides is 1. The van der Waals surface area contributed by atoms with Gasteiger partial charge in [0.15, 0.2) is 0 Å². The molecule has 0 amide bonds. The van der Waals surface area contributed by atoms with Crippen LogP contribution in [0.3, 0.4) is 0 Å². The van der Waals surface area contributed by atoms with E-state index in [9.17, 15) is 8.60 Å². The Morgan fingerprint density at radius 2 is 2.29 bits per heavy atom. The maximum absolute atomic E-state index is 12.0. The summed E-state index contributed by atoms with van der Waals surface area (Å²) in [6.07, 6.45) is 0. The van der Waals surface area contributed by atoms with E-state index in [1.807, 2.05) is 0 Å². The van der Waals surface area contributed by atoms with Crippen LogP contribution in [0.4, 0.5) is 10.1 Å². The molecule has 0 spiro atoms. The zero-order valence-electron chi connectivity index (χ0n) is 7.83. The molecule has 0 aliphatic carbocycles. The first-order valence-electron chi connectivity index (χ1n) is 4.07. The van der Waals surface area contributed by atoms with E-state index in [1.165, 1.54) is 7.11 Å². The molecule has 0 aromatic heterocycles. The van der Waals surface area contributed by atoms with Gasteiger partial charge in [0.2, 0.25) is 0 Å². The molecule has 0 radical (unpaired) electrons. The summed E-state index contributed by atoms with van der Waals surface area (Å²) in [6, 6.07) is 4.84. The first-order chi connectivity index (χ1) is 6.69. The highest BCUT2D eigenvalue weighted by Gasteiger charge is 2.08. The molecule has 1 unspecified atom stereocenters. The lowest BCUT2D eigenvalue weighted by Crippen LogP contribution is -2.03. The SMILES string of the molecule is COc1ccc(N)c(S(=O)CCF)c1. The molecule has 14 heavy (non-hydrogen) atoms. The van der Waals surface area contributed by atoms with Crippen molar-refractivity contribution < 1.29 is 13.3 Å². The van der Waals surface area contributed by atoms with Crippen LogP contribution < -0.4 is 10.5 Å². The lowest BCUT2D eigenvalue weighted by Gasteiger charge is -2.06. The van der Waals surface area contributed by atoms with Gasteiger partial charge in [0.25, 0.3) is 0 Å². The van der Waals surface area contributed by atoms with Gasteiger partial charge in [0, 0.05) is 5.69 Å². The third kappa shape index (κ3) is 2.45. The van der Waals surface area contributed by atoms with Gasteiger partial charge >= 0.3 is 0 Å². The van der Waals surface area contributed by atoms with Crippen LogP contribution >= 0.6 is 0 Å². The Kier molecular flexibility index (Phi) is 3.88. The number of hydrogen-bond donors (Lipinski definition) is 1. The van der Waals surface area contributed by atoms with Crippen LogP contribution in [0.15, 0.2) is 23.1 Å². The highest BCUT2D eigenvalue weighted by atomic mass is 32.2. The zero-order chi connectivity index (χ0) is 10.6. The van der Waals surface area contributed by atoms with Crippen LogP contribution in [-0.4, -0.2) is 23.7 Å². The monoisotopic (exact) mass is 217 g/mol. The predicted octanol–water partition coefficient (Wildman–Crippen LogP) is 1.35. The number of rotatable bonds is 4. The highest BCUT2D eigenvalue weighted by Crippen LogP contribution is 2.22. The van der Waals surface area contributed by atoms with Gasteiger partial charge < -0.3 is 10.5 Å². The molecular formula is C9H12FNO2S. The average molecular weight is 217 g/mol. The smallest absolute Gasteiger partial charge is 0.120 e. The third-order valence-corrected chi connectivity index (χ3v) is 3.10. The summed E-state index contributed by atoms with van der Waals surface area (Å²) in [5.41, 5.74) is 6.00. The van der Waals surface area contributed by atoms with Crippen molar-refractivity contribution in [2.45, 2.75) is 4.90 Å². The zero-order valence-corrected chi connectivity index (χ0v) is 8.64. The number of hydrogen-bond acceptors (Lipinski definition) is 3. The van der Waals surface area contributed by atoms with Crippen LogP contribution in [0.1, 0.15) is 0 Å². The minimum Gasteiger partial charge on any atom is -0.497 e. The summed E-state index contributed by atoms with van der Waals surface area (Å²) in [5.74, 6) is 0.540. The number of nitrogens with two attached hydrogens (primary N) is 1. The summed E-state index contributed by atoms with van der Waals surface area (Å²) in [5, 5.41) is 0. The highest BCUT2D eigenvalue weighted by molar-refractivity contribution is 7.85. The molecule has 5 heteroatoms. The second kappa shape index (κ2) is 4.95. The molecule has 3 nitrogen and oxygen atoms in total. The largest absolute Gasteiger partial charge is 0.497 e. The minimum absolute atomic E-state index is 0.0304. The van der Waals surface area contributed by atoms with Crippen molar-refractivity contribution in [1.29, 1.82) is 0 Å². The van der Waals surface area contributed by atoms with Crippen molar-refractivity contribution in [2.75, 3.05) is 25.3 Å². The van der Waals surface area contributed by atoms with Gasteiger partial charge in [-0.2, -0.15) is 0 Å². The van der Waals surface area contributed by atoms with Gasteiger partial charge in [-0.25, -0.2) is 0 Å². The van der Waals surface area contributed by atoms with E-state index in [4.69, 9.17) is 10.5 Å². The summed E-state index contributed by atoms with van der Waals surface area (Å²) in [4.78, 5) is 0.432. The maximum atomic E-state index is 12.0. The lowest BCUT2D eigenvalue weighted by atomic mass is 10.3. The maximum Gasteiger partial charge on any atom is 0.120 e. The normalized spacial score (nSPS) is 12.4. The van der Waals surface area contributed by atoms with Crippen LogP contribution in [0.2, 0.25) is 0 Å². The molecule has 1 rings (SSSR count). The second-order valence-corrected chi connectivity index (χ2v) is 4.18. The molecular weight excluding hydrogens is 205 g/mol. The fourth-order valence-corrected chi connectivity index (χ4v) is 1.96. The Labute approximate surface area is 84.5 Å². The predicted molar refractivity (Wildman–Crippen MR) is 54.7 cm³/mol. The van der Waals surface area contributed by atoms with Gasteiger partial charge in [0.1, 0.15) is 12.4 Å².